The number of ether oxygens (including phenoxy) is 1. The molecule has 1 saturated heterocycles. The van der Waals surface area contributed by atoms with Crippen molar-refractivity contribution in [3.63, 3.8) is 0 Å². The Bertz CT molecular complexity index is 1440. The van der Waals surface area contributed by atoms with Crippen LogP contribution < -0.4 is 20.9 Å². The summed E-state index contributed by atoms with van der Waals surface area (Å²) in [7, 11) is 1.30. The summed E-state index contributed by atoms with van der Waals surface area (Å²) in [4.78, 5) is 44.9. The maximum Gasteiger partial charge on any atom is 0.337 e. The zero-order valence-corrected chi connectivity index (χ0v) is 20.7. The van der Waals surface area contributed by atoms with E-state index < -0.39 is 5.97 Å². The van der Waals surface area contributed by atoms with E-state index in [9.17, 15) is 9.59 Å². The second kappa shape index (κ2) is 11.4. The van der Waals surface area contributed by atoms with E-state index in [1.807, 2.05) is 12.1 Å². The Balaban J connectivity index is 1.47. The molecule has 38 heavy (non-hydrogen) atoms. The average Bonchev–Trinajstić information content (AvgIpc) is 2.97. The van der Waals surface area contributed by atoms with Crippen LogP contribution in [0.5, 0.6) is 0 Å². The molecule has 1 aliphatic heterocycles. The van der Waals surface area contributed by atoms with Crippen molar-refractivity contribution in [3.05, 3.63) is 84.4 Å². The van der Waals surface area contributed by atoms with Gasteiger partial charge in [-0.25, -0.2) is 19.7 Å². The van der Waals surface area contributed by atoms with Gasteiger partial charge >= 0.3 is 5.97 Å². The summed E-state index contributed by atoms with van der Waals surface area (Å²) in [5, 5.41) is 9.41. The number of rotatable bonds is 7. The molecule has 3 aromatic heterocycles. The molecule has 0 radical (unpaired) electrons. The molecular formula is C27H26N8O3. The summed E-state index contributed by atoms with van der Waals surface area (Å²) in [6.45, 7) is 3.53. The van der Waals surface area contributed by atoms with Gasteiger partial charge in [0.2, 0.25) is 0 Å². The lowest BCUT2D eigenvalue weighted by atomic mass is 10.1. The Labute approximate surface area is 219 Å². The standard InChI is InChI=1S/C27H26N8O3/c1-38-27(37)20-4-2-3-19(13-20)26(36)32-21-15-22(33-23(16-21)34-24-17-29-7-8-30-24)18-5-6-31-25(14-18)35-11-9-28-10-12-35/h2-8,13-17,28H,9-12H2,1H3,(H2,30,32,33,34,36). The Morgan fingerprint density at radius 2 is 1.79 bits per heavy atom. The highest BCUT2D eigenvalue weighted by Crippen LogP contribution is 2.28. The van der Waals surface area contributed by atoms with E-state index in [2.05, 4.69) is 35.8 Å². The first kappa shape index (κ1) is 24.8. The lowest BCUT2D eigenvalue weighted by Crippen LogP contribution is -2.43. The van der Waals surface area contributed by atoms with Gasteiger partial charge in [-0.15, -0.1) is 0 Å². The van der Waals surface area contributed by atoms with Crippen LogP contribution in [-0.2, 0) is 4.74 Å². The van der Waals surface area contributed by atoms with Gasteiger partial charge in [0, 0.05) is 67.7 Å². The first-order valence-corrected chi connectivity index (χ1v) is 12.1. The van der Waals surface area contributed by atoms with Gasteiger partial charge in [0.15, 0.2) is 0 Å². The van der Waals surface area contributed by atoms with Crippen LogP contribution in [0.2, 0.25) is 0 Å². The molecule has 192 valence electrons. The molecule has 1 aliphatic rings. The molecule has 0 atom stereocenters. The number of aromatic nitrogens is 4. The predicted molar refractivity (Wildman–Crippen MR) is 144 cm³/mol. The fraction of sp³-hybridized carbons (Fsp3) is 0.185. The molecule has 5 rings (SSSR count). The minimum atomic E-state index is -0.515. The molecule has 1 amide bonds. The summed E-state index contributed by atoms with van der Waals surface area (Å²) >= 11 is 0. The number of hydrogen-bond acceptors (Lipinski definition) is 10. The molecule has 11 heteroatoms. The highest BCUT2D eigenvalue weighted by Gasteiger charge is 2.15. The fourth-order valence-electron chi connectivity index (χ4n) is 4.06. The van der Waals surface area contributed by atoms with Crippen molar-refractivity contribution >= 4 is 35.0 Å². The summed E-state index contributed by atoms with van der Waals surface area (Å²) < 4.78 is 4.77. The van der Waals surface area contributed by atoms with Crippen LogP contribution in [-0.4, -0.2) is 65.1 Å². The van der Waals surface area contributed by atoms with Crippen LogP contribution in [0.4, 0.5) is 23.1 Å². The smallest absolute Gasteiger partial charge is 0.337 e. The lowest BCUT2D eigenvalue weighted by Gasteiger charge is -2.28. The number of hydrogen-bond donors (Lipinski definition) is 3. The van der Waals surface area contributed by atoms with Crippen LogP contribution in [0.1, 0.15) is 20.7 Å². The normalized spacial score (nSPS) is 13.0. The monoisotopic (exact) mass is 510 g/mol. The number of nitrogens with zero attached hydrogens (tertiary/aromatic N) is 5. The maximum atomic E-state index is 13.1. The molecule has 0 spiro atoms. The molecule has 0 saturated carbocycles. The largest absolute Gasteiger partial charge is 0.465 e. The number of methoxy groups -OCH3 is 1. The number of anilines is 4. The van der Waals surface area contributed by atoms with E-state index in [1.165, 1.54) is 13.2 Å². The lowest BCUT2D eigenvalue weighted by molar-refractivity contribution is 0.0600. The quantitative estimate of drug-likeness (QED) is 0.318. The first-order valence-electron chi connectivity index (χ1n) is 12.1. The number of carbonyl (C=O) groups is 2. The number of benzene rings is 1. The zero-order chi connectivity index (χ0) is 26.3. The van der Waals surface area contributed by atoms with Crippen molar-refractivity contribution in [2.24, 2.45) is 0 Å². The van der Waals surface area contributed by atoms with Gasteiger partial charge in [-0.2, -0.15) is 0 Å². The van der Waals surface area contributed by atoms with Crippen LogP contribution in [0.3, 0.4) is 0 Å². The van der Waals surface area contributed by atoms with E-state index in [1.54, 1.807) is 55.1 Å². The Hall–Kier alpha value is -4.90. The molecule has 4 aromatic rings. The Morgan fingerprint density at radius 3 is 2.58 bits per heavy atom. The topological polar surface area (TPSA) is 134 Å². The van der Waals surface area contributed by atoms with Crippen molar-refractivity contribution in [2.75, 3.05) is 48.8 Å². The van der Waals surface area contributed by atoms with Gasteiger partial charge in [0.1, 0.15) is 17.5 Å². The van der Waals surface area contributed by atoms with E-state index in [0.717, 1.165) is 37.6 Å². The second-order valence-corrected chi connectivity index (χ2v) is 8.51. The van der Waals surface area contributed by atoms with Crippen molar-refractivity contribution in [3.8, 4) is 11.3 Å². The molecule has 4 heterocycles. The Kier molecular flexibility index (Phi) is 7.46. The third-order valence-electron chi connectivity index (χ3n) is 5.93. The third-order valence-corrected chi connectivity index (χ3v) is 5.93. The molecule has 0 aliphatic carbocycles. The molecule has 1 fully saturated rings. The van der Waals surface area contributed by atoms with Gasteiger partial charge < -0.3 is 25.6 Å². The summed E-state index contributed by atoms with van der Waals surface area (Å²) in [6, 6.07) is 13.7. The van der Waals surface area contributed by atoms with Crippen molar-refractivity contribution < 1.29 is 14.3 Å². The first-order chi connectivity index (χ1) is 18.6. The number of carbonyl (C=O) groups excluding carboxylic acids is 2. The van der Waals surface area contributed by atoms with Gasteiger partial charge in [-0.3, -0.25) is 9.78 Å². The number of amides is 1. The number of piperazine rings is 1. The van der Waals surface area contributed by atoms with Gasteiger partial charge in [-0.05, 0) is 36.4 Å². The molecule has 1 aromatic carbocycles. The SMILES string of the molecule is COC(=O)c1cccc(C(=O)Nc2cc(Nc3cnccn3)nc(-c3ccnc(N4CCNCC4)c3)c2)c1. The molecule has 11 nitrogen and oxygen atoms in total. The number of pyridine rings is 2. The summed E-state index contributed by atoms with van der Waals surface area (Å²) in [5.41, 5.74) is 2.60. The van der Waals surface area contributed by atoms with Gasteiger partial charge in [0.25, 0.3) is 5.91 Å². The minimum Gasteiger partial charge on any atom is -0.465 e. The van der Waals surface area contributed by atoms with Crippen molar-refractivity contribution in [1.29, 1.82) is 0 Å². The van der Waals surface area contributed by atoms with Crippen LogP contribution in [0.25, 0.3) is 11.3 Å². The van der Waals surface area contributed by atoms with Crippen LogP contribution in [0.15, 0.2) is 73.3 Å². The molecule has 0 bridgehead atoms. The summed E-state index contributed by atoms with van der Waals surface area (Å²) in [5.74, 6) is 0.954. The zero-order valence-electron chi connectivity index (χ0n) is 20.7. The van der Waals surface area contributed by atoms with E-state index in [4.69, 9.17) is 9.72 Å². The van der Waals surface area contributed by atoms with E-state index in [0.29, 0.717) is 28.6 Å². The minimum absolute atomic E-state index is 0.290. The third kappa shape index (κ3) is 5.90. The van der Waals surface area contributed by atoms with Crippen molar-refractivity contribution in [2.45, 2.75) is 0 Å². The number of nitrogens with one attached hydrogen (secondary N) is 3. The molecule has 0 unspecified atom stereocenters. The van der Waals surface area contributed by atoms with Gasteiger partial charge in [-0.1, -0.05) is 6.07 Å². The van der Waals surface area contributed by atoms with Gasteiger partial charge in [0.05, 0.1) is 24.6 Å². The summed E-state index contributed by atoms with van der Waals surface area (Å²) in [6.07, 6.45) is 6.50. The van der Waals surface area contributed by atoms with E-state index >= 15 is 0 Å². The fourth-order valence-corrected chi connectivity index (χ4v) is 4.06. The molecular weight excluding hydrogens is 484 g/mol. The highest BCUT2D eigenvalue weighted by atomic mass is 16.5. The number of esters is 1. The van der Waals surface area contributed by atoms with Crippen molar-refractivity contribution in [1.82, 2.24) is 25.3 Å². The molecule has 3 N–H and O–H groups in total. The second-order valence-electron chi connectivity index (χ2n) is 8.51. The average molecular weight is 511 g/mol. The van der Waals surface area contributed by atoms with E-state index in [-0.39, 0.29) is 11.5 Å². The Morgan fingerprint density at radius 1 is 0.947 bits per heavy atom. The maximum absolute atomic E-state index is 13.1. The highest BCUT2D eigenvalue weighted by molar-refractivity contribution is 6.06. The van der Waals surface area contributed by atoms with Crippen LogP contribution >= 0.6 is 0 Å². The predicted octanol–water partition coefficient (Wildman–Crippen LogP) is 3.13. The van der Waals surface area contributed by atoms with Crippen LogP contribution in [0, 0.1) is 0 Å².